The van der Waals surface area contributed by atoms with Crippen molar-refractivity contribution in [2.24, 2.45) is 11.7 Å². The first-order valence-corrected chi connectivity index (χ1v) is 7.13. The molecule has 1 aromatic rings. The maximum absolute atomic E-state index is 8.97. The molecule has 19 heavy (non-hydrogen) atoms. The Kier molecular flexibility index (Phi) is 4.75. The second-order valence-corrected chi connectivity index (χ2v) is 5.14. The first kappa shape index (κ1) is 13.8. The molecule has 1 aliphatic carbocycles. The van der Waals surface area contributed by atoms with Gasteiger partial charge in [0.25, 0.3) is 0 Å². The Bertz CT molecular complexity index is 452. The van der Waals surface area contributed by atoms with Crippen LogP contribution in [0.25, 0.3) is 0 Å². The Morgan fingerprint density at radius 2 is 2.26 bits per heavy atom. The molecule has 0 saturated heterocycles. The predicted octanol–water partition coefficient (Wildman–Crippen LogP) is 2.30. The second kappa shape index (κ2) is 6.53. The van der Waals surface area contributed by atoms with Crippen LogP contribution in [0.3, 0.4) is 0 Å². The molecule has 102 valence electrons. The van der Waals surface area contributed by atoms with Gasteiger partial charge < -0.3 is 10.6 Å². The normalized spacial score (nSPS) is 22.8. The van der Waals surface area contributed by atoms with Gasteiger partial charge in [-0.15, -0.1) is 0 Å². The fourth-order valence-corrected chi connectivity index (χ4v) is 3.14. The molecular weight excluding hydrogens is 236 g/mol. The SMILES string of the molecule is CCN(c1ccnc(C#N)c1)C1CCCCC1CN. The highest BCUT2D eigenvalue weighted by Crippen LogP contribution is 2.31. The van der Waals surface area contributed by atoms with E-state index in [-0.39, 0.29) is 0 Å². The van der Waals surface area contributed by atoms with Gasteiger partial charge >= 0.3 is 0 Å². The largest absolute Gasteiger partial charge is 0.368 e. The summed E-state index contributed by atoms with van der Waals surface area (Å²) >= 11 is 0. The van der Waals surface area contributed by atoms with Crippen molar-refractivity contribution in [1.29, 1.82) is 5.26 Å². The molecule has 1 saturated carbocycles. The molecule has 4 nitrogen and oxygen atoms in total. The summed E-state index contributed by atoms with van der Waals surface area (Å²) in [6.45, 7) is 3.85. The minimum absolute atomic E-state index is 0.482. The molecular formula is C15H22N4. The van der Waals surface area contributed by atoms with Crippen LogP contribution < -0.4 is 10.6 Å². The van der Waals surface area contributed by atoms with E-state index in [2.05, 4.69) is 22.9 Å². The average Bonchev–Trinajstić information content (AvgIpc) is 2.49. The van der Waals surface area contributed by atoms with Crippen LogP contribution in [0.15, 0.2) is 18.3 Å². The Hall–Kier alpha value is -1.60. The van der Waals surface area contributed by atoms with E-state index < -0.39 is 0 Å². The first-order valence-electron chi connectivity index (χ1n) is 7.13. The molecule has 1 aromatic heterocycles. The minimum atomic E-state index is 0.482. The number of anilines is 1. The summed E-state index contributed by atoms with van der Waals surface area (Å²) in [5.41, 5.74) is 7.51. The van der Waals surface area contributed by atoms with Gasteiger partial charge in [-0.05, 0) is 44.4 Å². The summed E-state index contributed by atoms with van der Waals surface area (Å²) in [6.07, 6.45) is 6.69. The average molecular weight is 258 g/mol. The van der Waals surface area contributed by atoms with E-state index in [4.69, 9.17) is 11.0 Å². The Morgan fingerprint density at radius 1 is 1.47 bits per heavy atom. The first-order chi connectivity index (χ1) is 9.30. The molecule has 4 heteroatoms. The summed E-state index contributed by atoms with van der Waals surface area (Å²) in [5, 5.41) is 8.97. The fraction of sp³-hybridized carbons (Fsp3) is 0.600. The summed E-state index contributed by atoms with van der Waals surface area (Å²) in [7, 11) is 0. The lowest BCUT2D eigenvalue weighted by Crippen LogP contribution is -2.45. The number of pyridine rings is 1. The number of hydrogen-bond donors (Lipinski definition) is 1. The van der Waals surface area contributed by atoms with E-state index in [1.807, 2.05) is 12.1 Å². The second-order valence-electron chi connectivity index (χ2n) is 5.14. The van der Waals surface area contributed by atoms with Crippen LogP contribution in [-0.2, 0) is 0 Å². The topological polar surface area (TPSA) is 65.9 Å². The third kappa shape index (κ3) is 3.05. The lowest BCUT2D eigenvalue weighted by atomic mass is 9.83. The number of nitrogens with two attached hydrogens (primary N) is 1. The smallest absolute Gasteiger partial charge is 0.142 e. The maximum atomic E-state index is 8.97. The number of hydrogen-bond acceptors (Lipinski definition) is 4. The number of aromatic nitrogens is 1. The molecule has 0 aromatic carbocycles. The van der Waals surface area contributed by atoms with E-state index in [0.29, 0.717) is 17.7 Å². The standard InChI is InChI=1S/C15H22N4/c1-2-19(14-7-8-18-13(9-14)11-17)15-6-4-3-5-12(15)10-16/h7-9,12,15H,2-6,10,16H2,1H3. The molecule has 1 heterocycles. The van der Waals surface area contributed by atoms with Crippen LogP contribution in [0, 0.1) is 17.2 Å². The number of rotatable bonds is 4. The third-order valence-corrected chi connectivity index (χ3v) is 4.10. The molecule has 0 radical (unpaired) electrons. The minimum Gasteiger partial charge on any atom is -0.368 e. The zero-order chi connectivity index (χ0) is 13.7. The van der Waals surface area contributed by atoms with Gasteiger partial charge in [0.05, 0.1) is 0 Å². The zero-order valence-electron chi connectivity index (χ0n) is 11.5. The van der Waals surface area contributed by atoms with Crippen molar-refractivity contribution >= 4 is 5.69 Å². The summed E-state index contributed by atoms with van der Waals surface area (Å²) in [6, 6.07) is 6.48. The van der Waals surface area contributed by atoms with E-state index in [0.717, 1.165) is 18.8 Å². The molecule has 2 N–H and O–H groups in total. The molecule has 0 amide bonds. The lowest BCUT2D eigenvalue weighted by Gasteiger charge is -2.40. The van der Waals surface area contributed by atoms with Crippen LogP contribution >= 0.6 is 0 Å². The monoisotopic (exact) mass is 258 g/mol. The van der Waals surface area contributed by atoms with Crippen molar-refractivity contribution in [3.8, 4) is 6.07 Å². The van der Waals surface area contributed by atoms with Gasteiger partial charge in [0, 0.05) is 24.5 Å². The lowest BCUT2D eigenvalue weighted by molar-refractivity contribution is 0.300. The van der Waals surface area contributed by atoms with Gasteiger partial charge in [-0.3, -0.25) is 0 Å². The molecule has 2 unspecified atom stereocenters. The highest BCUT2D eigenvalue weighted by atomic mass is 15.2. The van der Waals surface area contributed by atoms with Gasteiger partial charge in [0.15, 0.2) is 0 Å². The van der Waals surface area contributed by atoms with E-state index in [1.165, 1.54) is 25.7 Å². The van der Waals surface area contributed by atoms with Crippen LogP contribution in [0.5, 0.6) is 0 Å². The fourth-order valence-electron chi connectivity index (χ4n) is 3.14. The molecule has 0 aliphatic heterocycles. The maximum Gasteiger partial charge on any atom is 0.142 e. The van der Waals surface area contributed by atoms with Gasteiger partial charge in [0.1, 0.15) is 11.8 Å². The summed E-state index contributed by atoms with van der Waals surface area (Å²) < 4.78 is 0. The zero-order valence-corrected chi connectivity index (χ0v) is 11.5. The van der Waals surface area contributed by atoms with Gasteiger partial charge in [0.2, 0.25) is 0 Å². The van der Waals surface area contributed by atoms with Gasteiger partial charge in [-0.1, -0.05) is 12.8 Å². The highest BCUT2D eigenvalue weighted by Gasteiger charge is 2.28. The molecule has 1 aliphatic rings. The van der Waals surface area contributed by atoms with E-state index in [9.17, 15) is 0 Å². The van der Waals surface area contributed by atoms with Crippen molar-refractivity contribution in [2.45, 2.75) is 38.6 Å². The van der Waals surface area contributed by atoms with Crippen molar-refractivity contribution in [1.82, 2.24) is 4.98 Å². The molecule has 2 rings (SSSR count). The summed E-state index contributed by atoms with van der Waals surface area (Å²) in [4.78, 5) is 6.43. The van der Waals surface area contributed by atoms with Crippen LogP contribution in [0.2, 0.25) is 0 Å². The van der Waals surface area contributed by atoms with Crippen molar-refractivity contribution < 1.29 is 0 Å². The predicted molar refractivity (Wildman–Crippen MR) is 76.8 cm³/mol. The Balaban J connectivity index is 2.25. The van der Waals surface area contributed by atoms with Crippen LogP contribution in [0.4, 0.5) is 5.69 Å². The molecule has 0 spiro atoms. The molecule has 2 atom stereocenters. The van der Waals surface area contributed by atoms with Crippen molar-refractivity contribution in [2.75, 3.05) is 18.0 Å². The summed E-state index contributed by atoms with van der Waals surface area (Å²) in [5.74, 6) is 0.562. The third-order valence-electron chi connectivity index (χ3n) is 4.10. The molecule has 1 fully saturated rings. The van der Waals surface area contributed by atoms with Gasteiger partial charge in [-0.2, -0.15) is 5.26 Å². The molecule has 0 bridgehead atoms. The van der Waals surface area contributed by atoms with Crippen molar-refractivity contribution in [3.05, 3.63) is 24.0 Å². The Morgan fingerprint density at radius 3 is 2.95 bits per heavy atom. The van der Waals surface area contributed by atoms with Crippen LogP contribution in [-0.4, -0.2) is 24.1 Å². The number of nitrogens with zero attached hydrogens (tertiary/aromatic N) is 3. The van der Waals surface area contributed by atoms with Crippen molar-refractivity contribution in [3.63, 3.8) is 0 Å². The van der Waals surface area contributed by atoms with Gasteiger partial charge in [-0.25, -0.2) is 4.98 Å². The number of nitriles is 1. The Labute approximate surface area is 115 Å². The highest BCUT2D eigenvalue weighted by molar-refractivity contribution is 5.49. The van der Waals surface area contributed by atoms with Crippen LogP contribution in [0.1, 0.15) is 38.3 Å². The van der Waals surface area contributed by atoms with E-state index in [1.54, 1.807) is 6.20 Å². The quantitative estimate of drug-likeness (QED) is 0.900. The van der Waals surface area contributed by atoms with E-state index >= 15 is 0 Å².